The van der Waals surface area contributed by atoms with Gasteiger partial charge in [-0.3, -0.25) is 4.79 Å². The third-order valence-electron chi connectivity index (χ3n) is 5.97. The number of nitrogens with one attached hydrogen (secondary N) is 1. The predicted molar refractivity (Wildman–Crippen MR) is 146 cm³/mol. The molecule has 2 nitrogen and oxygen atoms in total. The molecule has 1 aliphatic rings. The maximum Gasteiger partial charge on any atom is 0.224 e. The third-order valence-corrected chi connectivity index (χ3v) is 5.97. The molecule has 1 fully saturated rings. The van der Waals surface area contributed by atoms with Crippen LogP contribution in [-0.4, -0.2) is 5.91 Å². The monoisotopic (exact) mass is 447 g/mol. The number of hydrogen-bond acceptors (Lipinski definition) is 1. The first kappa shape index (κ1) is 28.4. The lowest BCUT2D eigenvalue weighted by Crippen LogP contribution is -2.31. The topological polar surface area (TPSA) is 29.1 Å². The molecule has 180 valence electrons. The summed E-state index contributed by atoms with van der Waals surface area (Å²) in [5.74, 6) is 1.27. The van der Waals surface area contributed by atoms with Gasteiger partial charge in [0.25, 0.3) is 0 Å². The summed E-state index contributed by atoms with van der Waals surface area (Å²) in [6.07, 6.45) is 25.1. The lowest BCUT2D eigenvalue weighted by Gasteiger charge is -2.22. The fourth-order valence-corrected chi connectivity index (χ4v) is 3.99. The molecule has 0 aliphatic carbocycles. The van der Waals surface area contributed by atoms with Crippen LogP contribution < -0.4 is 5.32 Å². The van der Waals surface area contributed by atoms with Crippen molar-refractivity contribution in [2.24, 2.45) is 17.8 Å². The lowest BCUT2D eigenvalue weighted by molar-refractivity contribution is -0.122. The Balaban J connectivity index is 2.35. The van der Waals surface area contributed by atoms with E-state index in [1.807, 2.05) is 13.0 Å². The fraction of sp³-hybridized carbons (Fsp3) is 0.452. The van der Waals surface area contributed by atoms with Crippen LogP contribution in [0.3, 0.4) is 0 Å². The molecule has 0 saturated carbocycles. The Hall–Kier alpha value is -2.61. The Morgan fingerprint density at radius 3 is 2.48 bits per heavy atom. The minimum Gasteiger partial charge on any atom is -0.330 e. The van der Waals surface area contributed by atoms with Crippen molar-refractivity contribution in [1.82, 2.24) is 5.32 Å². The van der Waals surface area contributed by atoms with Gasteiger partial charge in [0, 0.05) is 12.1 Å². The van der Waals surface area contributed by atoms with E-state index in [0.717, 1.165) is 61.8 Å². The smallest absolute Gasteiger partial charge is 0.224 e. The highest BCUT2D eigenvalue weighted by molar-refractivity contribution is 5.79. The van der Waals surface area contributed by atoms with Crippen molar-refractivity contribution in [3.63, 3.8) is 0 Å². The molecule has 0 aromatic rings. The Morgan fingerprint density at radius 2 is 1.82 bits per heavy atom. The summed E-state index contributed by atoms with van der Waals surface area (Å²) in [7, 11) is 0. The van der Waals surface area contributed by atoms with Crippen molar-refractivity contribution in [2.75, 3.05) is 0 Å². The molecule has 1 rings (SSSR count). The summed E-state index contributed by atoms with van der Waals surface area (Å²) in [6.45, 7) is 22.5. The lowest BCUT2D eigenvalue weighted by atomic mass is 9.90. The average Bonchev–Trinajstić information content (AvgIpc) is 2.73. The van der Waals surface area contributed by atoms with Gasteiger partial charge in [0.1, 0.15) is 0 Å². The van der Waals surface area contributed by atoms with Gasteiger partial charge in [0.05, 0.1) is 0 Å². The van der Waals surface area contributed by atoms with Gasteiger partial charge >= 0.3 is 0 Å². The number of hydrogen-bond donors (Lipinski definition) is 1. The van der Waals surface area contributed by atoms with Gasteiger partial charge in [-0.05, 0) is 76.5 Å². The summed E-state index contributed by atoms with van der Waals surface area (Å²) in [4.78, 5) is 11.6. The summed E-state index contributed by atoms with van der Waals surface area (Å²) >= 11 is 0. The maximum atomic E-state index is 11.6. The Morgan fingerprint density at radius 1 is 1.09 bits per heavy atom. The van der Waals surface area contributed by atoms with E-state index < -0.39 is 0 Å². The highest BCUT2D eigenvalue weighted by atomic mass is 16.1. The molecule has 1 saturated heterocycles. The molecule has 2 heteroatoms. The molecule has 1 N–H and O–H groups in total. The molecule has 3 unspecified atom stereocenters. The molecular formula is C31H45NO. The van der Waals surface area contributed by atoms with E-state index in [1.165, 1.54) is 5.57 Å². The highest BCUT2D eigenvalue weighted by Gasteiger charge is 2.20. The van der Waals surface area contributed by atoms with Crippen LogP contribution >= 0.6 is 0 Å². The molecule has 0 radical (unpaired) electrons. The first-order valence-electron chi connectivity index (χ1n) is 12.3. The van der Waals surface area contributed by atoms with Crippen LogP contribution in [0.5, 0.6) is 0 Å². The number of carbonyl (C=O) groups excluding carboxylic acids is 1. The van der Waals surface area contributed by atoms with E-state index in [2.05, 4.69) is 88.0 Å². The van der Waals surface area contributed by atoms with Crippen LogP contribution in [0, 0.1) is 17.8 Å². The van der Waals surface area contributed by atoms with Crippen LogP contribution in [-0.2, 0) is 4.79 Å². The van der Waals surface area contributed by atoms with E-state index in [9.17, 15) is 4.79 Å². The zero-order valence-corrected chi connectivity index (χ0v) is 21.2. The Bertz CT molecular complexity index is 789. The predicted octanol–water partition coefficient (Wildman–Crippen LogP) is 8.55. The molecule has 0 aromatic heterocycles. The molecule has 1 heterocycles. The Labute approximate surface area is 203 Å². The number of unbranched alkanes of at least 4 members (excludes halogenated alkanes) is 1. The molecule has 1 aliphatic heterocycles. The van der Waals surface area contributed by atoms with E-state index in [0.29, 0.717) is 24.2 Å². The standard InChI is InChI=1S/C31H45NO/c1-8-29(18-12-10-9-11-15-24(2)3)19-13-16-25(4)21-27(6)26(5)17-14-20-30-22-28(7)32-31(33)23-30/h8,11-12,14-18,27,29-30H,1-2,5,7,9-10,13,19-23H2,3-4,6H3,(H,32,33)/b15-11+,17-14+,18-12+,25-16-. The van der Waals surface area contributed by atoms with Gasteiger partial charge in [-0.25, -0.2) is 0 Å². The Kier molecular flexibility index (Phi) is 13.8. The van der Waals surface area contributed by atoms with E-state index in [4.69, 9.17) is 0 Å². The molecule has 3 atom stereocenters. The van der Waals surface area contributed by atoms with E-state index >= 15 is 0 Å². The van der Waals surface area contributed by atoms with Gasteiger partial charge in [0.15, 0.2) is 0 Å². The van der Waals surface area contributed by atoms with Crippen molar-refractivity contribution >= 4 is 5.91 Å². The highest BCUT2D eigenvalue weighted by Crippen LogP contribution is 2.24. The first-order valence-corrected chi connectivity index (χ1v) is 12.3. The van der Waals surface area contributed by atoms with Crippen molar-refractivity contribution < 1.29 is 4.79 Å². The number of carbonyl (C=O) groups is 1. The van der Waals surface area contributed by atoms with Gasteiger partial charge in [-0.1, -0.05) is 92.0 Å². The van der Waals surface area contributed by atoms with Crippen molar-refractivity contribution in [3.05, 3.63) is 97.3 Å². The quantitative estimate of drug-likeness (QED) is 0.152. The summed E-state index contributed by atoms with van der Waals surface area (Å²) in [5, 5.41) is 2.80. The zero-order valence-electron chi connectivity index (χ0n) is 21.2. The van der Waals surface area contributed by atoms with Crippen LogP contribution in [0.25, 0.3) is 0 Å². The fourth-order valence-electron chi connectivity index (χ4n) is 3.99. The molecule has 0 bridgehead atoms. The normalized spacial score (nSPS) is 19.2. The van der Waals surface area contributed by atoms with Crippen LogP contribution in [0.1, 0.15) is 72.1 Å². The minimum absolute atomic E-state index is 0.0857. The van der Waals surface area contributed by atoms with Crippen molar-refractivity contribution in [3.8, 4) is 0 Å². The number of amides is 1. The SMILES string of the molecule is C=CC(/C=C/CC/C=C/C(=C)C)CC/C=C(/C)CC(C)C(=C)/C=C/CC1CC(=C)NC(=O)C1. The van der Waals surface area contributed by atoms with Gasteiger partial charge < -0.3 is 5.32 Å². The molecular weight excluding hydrogens is 402 g/mol. The second kappa shape index (κ2) is 16.1. The average molecular weight is 448 g/mol. The summed E-state index contributed by atoms with van der Waals surface area (Å²) < 4.78 is 0. The largest absolute Gasteiger partial charge is 0.330 e. The second-order valence-corrected chi connectivity index (χ2v) is 9.53. The molecule has 0 spiro atoms. The number of piperidine rings is 1. The van der Waals surface area contributed by atoms with E-state index in [-0.39, 0.29) is 5.91 Å². The molecule has 0 aromatic carbocycles. The van der Waals surface area contributed by atoms with Crippen LogP contribution in [0.4, 0.5) is 0 Å². The number of rotatable bonds is 15. The molecule has 33 heavy (non-hydrogen) atoms. The van der Waals surface area contributed by atoms with E-state index in [1.54, 1.807) is 0 Å². The van der Waals surface area contributed by atoms with Gasteiger partial charge in [-0.2, -0.15) is 0 Å². The first-order chi connectivity index (χ1) is 15.7. The summed E-state index contributed by atoms with van der Waals surface area (Å²) in [5.41, 5.74) is 4.49. The van der Waals surface area contributed by atoms with Gasteiger partial charge in [-0.15, -0.1) is 6.58 Å². The second-order valence-electron chi connectivity index (χ2n) is 9.53. The summed E-state index contributed by atoms with van der Waals surface area (Å²) in [6, 6.07) is 0. The minimum atomic E-state index is 0.0857. The zero-order chi connectivity index (χ0) is 24.6. The van der Waals surface area contributed by atoms with Crippen molar-refractivity contribution in [2.45, 2.75) is 72.1 Å². The van der Waals surface area contributed by atoms with Crippen LogP contribution in [0.15, 0.2) is 97.3 Å². The van der Waals surface area contributed by atoms with Crippen LogP contribution in [0.2, 0.25) is 0 Å². The van der Waals surface area contributed by atoms with Gasteiger partial charge in [0.2, 0.25) is 5.91 Å². The third kappa shape index (κ3) is 13.5. The van der Waals surface area contributed by atoms with Crippen molar-refractivity contribution in [1.29, 1.82) is 0 Å². The number of allylic oxidation sites excluding steroid dienone is 12. The maximum absolute atomic E-state index is 11.6. The molecule has 1 amide bonds.